The summed E-state index contributed by atoms with van der Waals surface area (Å²) >= 11 is 0. The van der Waals surface area contributed by atoms with Crippen LogP contribution < -0.4 is 11.1 Å². The minimum absolute atomic E-state index is 0.369. The highest BCUT2D eigenvalue weighted by Crippen LogP contribution is 2.28. The molecule has 0 spiro atoms. The molecule has 2 heterocycles. The van der Waals surface area contributed by atoms with Crippen LogP contribution in [0.4, 0.5) is 0 Å². The molecule has 1 aromatic carbocycles. The summed E-state index contributed by atoms with van der Waals surface area (Å²) in [7, 11) is 0. The third-order valence-corrected chi connectivity index (χ3v) is 4.85. The minimum atomic E-state index is -1.13. The number of carbonyl (C=O) groups is 2. The van der Waals surface area contributed by atoms with Gasteiger partial charge in [-0.15, -0.1) is 0 Å². The molecule has 7 heteroatoms. The number of primary amides is 1. The van der Waals surface area contributed by atoms with E-state index in [1.807, 2.05) is 18.2 Å². The predicted molar refractivity (Wildman–Crippen MR) is 95.7 cm³/mol. The predicted octanol–water partition coefficient (Wildman–Crippen LogP) is 1.29. The molecule has 1 fully saturated rings. The second kappa shape index (κ2) is 7.88. The van der Waals surface area contributed by atoms with Crippen molar-refractivity contribution in [1.82, 2.24) is 5.32 Å². The van der Waals surface area contributed by atoms with Gasteiger partial charge in [-0.05, 0) is 49.8 Å². The molecule has 140 valence electrons. The Kier molecular flexibility index (Phi) is 5.58. The molecule has 1 aliphatic rings. The zero-order chi connectivity index (χ0) is 18.7. The maximum atomic E-state index is 12.6. The fourth-order valence-corrected chi connectivity index (χ4v) is 3.40. The summed E-state index contributed by atoms with van der Waals surface area (Å²) in [4.78, 5) is 23.9. The highest BCUT2D eigenvalue weighted by molar-refractivity contribution is 6.08. The zero-order valence-electron chi connectivity index (χ0n) is 14.8. The Morgan fingerprint density at radius 2 is 2.08 bits per heavy atom. The molecule has 0 bridgehead atoms. The monoisotopic (exact) mass is 360 g/mol. The number of nitrogens with one attached hydrogen (secondary N) is 1. The lowest BCUT2D eigenvalue weighted by atomic mass is 9.91. The lowest BCUT2D eigenvalue weighted by molar-refractivity contribution is -0.120. The van der Waals surface area contributed by atoms with Crippen molar-refractivity contribution in [2.24, 2.45) is 11.7 Å². The lowest BCUT2D eigenvalue weighted by Gasteiger charge is -2.21. The average Bonchev–Trinajstić information content (AvgIpc) is 2.95. The van der Waals surface area contributed by atoms with E-state index in [9.17, 15) is 14.7 Å². The van der Waals surface area contributed by atoms with Crippen molar-refractivity contribution in [3.63, 3.8) is 0 Å². The molecule has 0 saturated carbocycles. The van der Waals surface area contributed by atoms with Crippen LogP contribution in [-0.4, -0.2) is 42.8 Å². The van der Waals surface area contributed by atoms with E-state index in [1.165, 1.54) is 0 Å². The molecule has 1 aliphatic heterocycles. The normalized spacial score (nSPS) is 16.5. The van der Waals surface area contributed by atoms with Gasteiger partial charge in [0.15, 0.2) is 0 Å². The van der Waals surface area contributed by atoms with Crippen LogP contribution in [0, 0.1) is 12.8 Å². The van der Waals surface area contributed by atoms with Crippen LogP contribution in [0.25, 0.3) is 11.0 Å². The summed E-state index contributed by atoms with van der Waals surface area (Å²) in [6.07, 6.45) is 2.99. The average molecular weight is 360 g/mol. The van der Waals surface area contributed by atoms with Gasteiger partial charge >= 0.3 is 0 Å². The van der Waals surface area contributed by atoms with Crippen molar-refractivity contribution in [3.8, 4) is 0 Å². The summed E-state index contributed by atoms with van der Waals surface area (Å²) in [5.74, 6) is -0.240. The molecule has 3 rings (SSSR count). The Hall–Kier alpha value is -2.38. The van der Waals surface area contributed by atoms with Gasteiger partial charge in [0.1, 0.15) is 17.4 Å². The first kappa shape index (κ1) is 18.4. The number of amides is 2. The lowest BCUT2D eigenvalue weighted by Crippen LogP contribution is -2.46. The fraction of sp³-hybridized carbons (Fsp3) is 0.474. The van der Waals surface area contributed by atoms with Crippen molar-refractivity contribution < 1.29 is 23.8 Å². The number of carbonyl (C=O) groups excluding carboxylic acids is 2. The van der Waals surface area contributed by atoms with Crippen molar-refractivity contribution in [2.45, 2.75) is 32.2 Å². The maximum absolute atomic E-state index is 12.6. The van der Waals surface area contributed by atoms with E-state index in [2.05, 4.69) is 5.32 Å². The number of furan rings is 1. The number of fused-ring (bicyclic) bond motifs is 1. The fourth-order valence-electron chi connectivity index (χ4n) is 3.40. The molecule has 1 saturated heterocycles. The number of rotatable bonds is 6. The number of aliphatic hydroxyl groups excluding tert-OH is 1. The second-order valence-electron chi connectivity index (χ2n) is 6.73. The third-order valence-electron chi connectivity index (χ3n) is 4.85. The molecule has 1 unspecified atom stereocenters. The molecule has 2 aromatic rings. The first-order valence-electron chi connectivity index (χ1n) is 8.80. The zero-order valence-corrected chi connectivity index (χ0v) is 14.8. The van der Waals surface area contributed by atoms with Gasteiger partial charge in [0.25, 0.3) is 5.91 Å². The van der Waals surface area contributed by atoms with Gasteiger partial charge in [-0.2, -0.15) is 0 Å². The van der Waals surface area contributed by atoms with E-state index in [0.29, 0.717) is 28.2 Å². The van der Waals surface area contributed by atoms with Gasteiger partial charge in [-0.3, -0.25) is 9.59 Å². The quantitative estimate of drug-likeness (QED) is 0.718. The van der Waals surface area contributed by atoms with Gasteiger partial charge in [-0.25, -0.2) is 0 Å². The van der Waals surface area contributed by atoms with Gasteiger partial charge in [0.2, 0.25) is 5.91 Å². The number of benzene rings is 1. The summed E-state index contributed by atoms with van der Waals surface area (Å²) in [6, 6.07) is 4.72. The summed E-state index contributed by atoms with van der Waals surface area (Å²) in [5, 5.41) is 12.4. The van der Waals surface area contributed by atoms with Crippen molar-refractivity contribution in [3.05, 3.63) is 35.1 Å². The third kappa shape index (κ3) is 3.89. The van der Waals surface area contributed by atoms with Crippen molar-refractivity contribution >= 4 is 22.8 Å². The van der Waals surface area contributed by atoms with Gasteiger partial charge in [0, 0.05) is 18.6 Å². The highest BCUT2D eigenvalue weighted by Gasteiger charge is 2.24. The number of aliphatic hydroxyl groups is 1. The van der Waals surface area contributed by atoms with Crippen LogP contribution in [0.3, 0.4) is 0 Å². The number of nitrogens with two attached hydrogens (primary N) is 1. The molecule has 4 N–H and O–H groups in total. The number of aryl methyl sites for hydroxylation is 1. The Bertz CT molecular complexity index is 808. The van der Waals surface area contributed by atoms with Crippen molar-refractivity contribution in [1.29, 1.82) is 0 Å². The van der Waals surface area contributed by atoms with Crippen LogP contribution in [0.2, 0.25) is 0 Å². The van der Waals surface area contributed by atoms with Gasteiger partial charge in [0.05, 0.1) is 12.2 Å². The van der Waals surface area contributed by atoms with Crippen molar-refractivity contribution in [2.75, 3.05) is 19.8 Å². The molecule has 1 aromatic heterocycles. The Morgan fingerprint density at radius 3 is 2.73 bits per heavy atom. The summed E-state index contributed by atoms with van der Waals surface area (Å²) in [5.41, 5.74) is 7.30. The Labute approximate surface area is 151 Å². The number of ether oxygens (including phenoxy) is 1. The van der Waals surface area contributed by atoms with E-state index in [1.54, 1.807) is 6.92 Å². The number of hydrogen-bond donors (Lipinski definition) is 3. The van der Waals surface area contributed by atoms with E-state index in [-0.39, 0.29) is 0 Å². The molecule has 2 amide bonds. The van der Waals surface area contributed by atoms with Crippen LogP contribution in [0.5, 0.6) is 0 Å². The van der Waals surface area contributed by atoms with Crippen LogP contribution in [-0.2, 0) is 16.0 Å². The van der Waals surface area contributed by atoms with Crippen LogP contribution in [0.15, 0.2) is 22.6 Å². The van der Waals surface area contributed by atoms with Crippen LogP contribution in [0.1, 0.15) is 34.5 Å². The molecular weight excluding hydrogens is 336 g/mol. The maximum Gasteiger partial charge on any atom is 0.256 e. The highest BCUT2D eigenvalue weighted by atomic mass is 16.5. The second-order valence-corrected chi connectivity index (χ2v) is 6.73. The molecule has 1 atom stereocenters. The SMILES string of the molecule is Cc1oc2ccc(CC3CCOCC3)cc2c1C(=O)NC(CO)C(N)=O. The topological polar surface area (TPSA) is 115 Å². The molecular formula is C19H24N2O5. The number of hydrogen-bond acceptors (Lipinski definition) is 5. The molecule has 7 nitrogen and oxygen atoms in total. The van der Waals surface area contributed by atoms with E-state index < -0.39 is 24.5 Å². The largest absolute Gasteiger partial charge is 0.461 e. The van der Waals surface area contributed by atoms with Gasteiger partial charge in [-0.1, -0.05) is 6.07 Å². The molecule has 0 aliphatic carbocycles. The van der Waals surface area contributed by atoms with E-state index in [4.69, 9.17) is 14.9 Å². The first-order valence-corrected chi connectivity index (χ1v) is 8.80. The van der Waals surface area contributed by atoms with Gasteiger partial charge < -0.3 is 25.3 Å². The minimum Gasteiger partial charge on any atom is -0.461 e. The summed E-state index contributed by atoms with van der Waals surface area (Å²) < 4.78 is 11.1. The van der Waals surface area contributed by atoms with Crippen LogP contribution >= 0.6 is 0 Å². The Balaban J connectivity index is 1.86. The summed E-state index contributed by atoms with van der Waals surface area (Å²) in [6.45, 7) is 2.73. The molecule has 26 heavy (non-hydrogen) atoms. The first-order chi connectivity index (χ1) is 12.5. The van der Waals surface area contributed by atoms with E-state index in [0.717, 1.165) is 38.0 Å². The van der Waals surface area contributed by atoms with E-state index >= 15 is 0 Å². The smallest absolute Gasteiger partial charge is 0.256 e. The Morgan fingerprint density at radius 1 is 1.35 bits per heavy atom. The standard InChI is InChI=1S/C19H24N2O5/c1-11-17(19(24)21-15(10-22)18(20)23)14-9-13(2-3-16(14)26-11)8-12-4-6-25-7-5-12/h2-3,9,12,15,22H,4-8,10H2,1H3,(H2,20,23)(H,21,24). The molecule has 0 radical (unpaired) electrons.